The SMILES string of the molecule is Cc1cc(C(C)(C)C)cc(C)c1C(=O)C(=O)CCl. The van der Waals surface area contributed by atoms with Gasteiger partial charge in [-0.15, -0.1) is 11.6 Å². The minimum absolute atomic E-state index is 0.0214. The van der Waals surface area contributed by atoms with E-state index in [9.17, 15) is 9.59 Å². The highest BCUT2D eigenvalue weighted by atomic mass is 35.5. The minimum atomic E-state index is -0.550. The number of hydrogen-bond donors (Lipinski definition) is 0. The monoisotopic (exact) mass is 266 g/mol. The summed E-state index contributed by atoms with van der Waals surface area (Å²) in [7, 11) is 0. The molecule has 1 aromatic carbocycles. The van der Waals surface area contributed by atoms with Crippen LogP contribution in [0.4, 0.5) is 0 Å². The highest BCUT2D eigenvalue weighted by Gasteiger charge is 2.22. The van der Waals surface area contributed by atoms with Gasteiger partial charge < -0.3 is 0 Å². The number of carbonyl (C=O) groups excluding carboxylic acids is 2. The lowest BCUT2D eigenvalue weighted by molar-refractivity contribution is -0.112. The number of benzene rings is 1. The van der Waals surface area contributed by atoms with Gasteiger partial charge in [-0.25, -0.2) is 0 Å². The Balaban J connectivity index is 3.34. The molecule has 0 unspecified atom stereocenters. The Hall–Kier alpha value is -1.15. The molecule has 0 aliphatic heterocycles. The second-order valence-corrected chi connectivity index (χ2v) is 5.89. The number of halogens is 1. The first-order valence-corrected chi connectivity index (χ1v) is 6.47. The van der Waals surface area contributed by atoms with Gasteiger partial charge in [0.25, 0.3) is 0 Å². The molecule has 18 heavy (non-hydrogen) atoms. The van der Waals surface area contributed by atoms with Crippen molar-refractivity contribution in [3.05, 3.63) is 34.4 Å². The summed E-state index contributed by atoms with van der Waals surface area (Å²) >= 11 is 5.43. The van der Waals surface area contributed by atoms with Gasteiger partial charge in [0.05, 0.1) is 5.88 Å². The fourth-order valence-electron chi connectivity index (χ4n) is 1.95. The van der Waals surface area contributed by atoms with Crippen LogP contribution >= 0.6 is 11.6 Å². The van der Waals surface area contributed by atoms with Crippen molar-refractivity contribution in [2.24, 2.45) is 0 Å². The van der Waals surface area contributed by atoms with Crippen LogP contribution in [0.3, 0.4) is 0 Å². The van der Waals surface area contributed by atoms with E-state index in [1.165, 1.54) is 0 Å². The van der Waals surface area contributed by atoms with Gasteiger partial charge in [-0.3, -0.25) is 9.59 Å². The molecule has 2 nitrogen and oxygen atoms in total. The molecule has 3 heteroatoms. The highest BCUT2D eigenvalue weighted by molar-refractivity contribution is 6.51. The van der Waals surface area contributed by atoms with E-state index in [0.717, 1.165) is 16.7 Å². The van der Waals surface area contributed by atoms with Crippen LogP contribution in [0, 0.1) is 13.8 Å². The molecule has 0 saturated heterocycles. The van der Waals surface area contributed by atoms with Crippen molar-refractivity contribution >= 4 is 23.2 Å². The minimum Gasteiger partial charge on any atom is -0.289 e. The molecule has 0 bridgehead atoms. The number of alkyl halides is 1. The number of ketones is 2. The molecule has 0 aliphatic rings. The number of aryl methyl sites for hydroxylation is 2. The molecular formula is C15H19ClO2. The van der Waals surface area contributed by atoms with Crippen LogP contribution in [0.25, 0.3) is 0 Å². The van der Waals surface area contributed by atoms with Gasteiger partial charge in [0, 0.05) is 5.56 Å². The lowest BCUT2D eigenvalue weighted by atomic mass is 9.83. The first-order valence-electron chi connectivity index (χ1n) is 5.93. The van der Waals surface area contributed by atoms with Crippen LogP contribution in [0.2, 0.25) is 0 Å². The highest BCUT2D eigenvalue weighted by Crippen LogP contribution is 2.27. The summed E-state index contributed by atoms with van der Waals surface area (Å²) in [6.45, 7) is 10.1. The number of Topliss-reactive ketones (excluding diaryl/α,β-unsaturated/α-hetero) is 2. The van der Waals surface area contributed by atoms with E-state index < -0.39 is 11.6 Å². The fourth-order valence-corrected chi connectivity index (χ4v) is 2.08. The van der Waals surface area contributed by atoms with Crippen molar-refractivity contribution in [1.82, 2.24) is 0 Å². The normalized spacial score (nSPS) is 11.4. The average Bonchev–Trinajstić information content (AvgIpc) is 2.25. The summed E-state index contributed by atoms with van der Waals surface area (Å²) in [5.41, 5.74) is 3.35. The molecule has 98 valence electrons. The van der Waals surface area contributed by atoms with Crippen molar-refractivity contribution in [2.75, 3.05) is 5.88 Å². The zero-order valence-corrected chi connectivity index (χ0v) is 12.3. The molecule has 0 aromatic heterocycles. The van der Waals surface area contributed by atoms with Crippen molar-refractivity contribution in [1.29, 1.82) is 0 Å². The molecule has 1 rings (SSSR count). The third-order valence-electron chi connectivity index (χ3n) is 3.00. The third kappa shape index (κ3) is 2.99. The van der Waals surface area contributed by atoms with Crippen LogP contribution in [-0.4, -0.2) is 17.4 Å². The Morgan fingerprint density at radius 2 is 1.56 bits per heavy atom. The fraction of sp³-hybridized carbons (Fsp3) is 0.467. The quantitative estimate of drug-likeness (QED) is 0.476. The van der Waals surface area contributed by atoms with E-state index in [1.54, 1.807) is 0 Å². The van der Waals surface area contributed by atoms with Crippen LogP contribution in [0.1, 0.15) is 47.8 Å². The summed E-state index contributed by atoms with van der Waals surface area (Å²) < 4.78 is 0. The molecule has 0 spiro atoms. The number of hydrogen-bond acceptors (Lipinski definition) is 2. The lowest BCUT2D eigenvalue weighted by Gasteiger charge is -2.21. The molecule has 0 atom stereocenters. The van der Waals surface area contributed by atoms with Gasteiger partial charge in [-0.2, -0.15) is 0 Å². The first kappa shape index (κ1) is 14.9. The van der Waals surface area contributed by atoms with E-state index >= 15 is 0 Å². The summed E-state index contributed by atoms with van der Waals surface area (Å²) in [6, 6.07) is 3.95. The summed E-state index contributed by atoms with van der Waals surface area (Å²) in [4.78, 5) is 23.4. The van der Waals surface area contributed by atoms with Gasteiger partial charge in [0.1, 0.15) is 0 Å². The van der Waals surface area contributed by atoms with Crippen molar-refractivity contribution < 1.29 is 9.59 Å². The van der Waals surface area contributed by atoms with Gasteiger partial charge in [0.2, 0.25) is 11.6 Å². The Morgan fingerprint density at radius 3 is 1.89 bits per heavy atom. The Kier molecular flexibility index (Phi) is 4.33. The third-order valence-corrected chi connectivity index (χ3v) is 3.24. The summed E-state index contributed by atoms with van der Waals surface area (Å²) in [5.74, 6) is -1.30. The first-order chi connectivity index (χ1) is 8.18. The molecule has 0 radical (unpaired) electrons. The summed E-state index contributed by atoms with van der Waals surface area (Å²) in [5, 5.41) is 0. The van der Waals surface area contributed by atoms with E-state index in [1.807, 2.05) is 26.0 Å². The molecule has 0 amide bonds. The van der Waals surface area contributed by atoms with Gasteiger partial charge in [0.15, 0.2) is 0 Å². The smallest absolute Gasteiger partial charge is 0.230 e. The second-order valence-electron chi connectivity index (χ2n) is 5.62. The topological polar surface area (TPSA) is 34.1 Å². The van der Waals surface area contributed by atoms with Crippen molar-refractivity contribution in [2.45, 2.75) is 40.0 Å². The van der Waals surface area contributed by atoms with Crippen LogP contribution in [0.5, 0.6) is 0 Å². The molecule has 0 heterocycles. The molecule has 1 aromatic rings. The lowest BCUT2D eigenvalue weighted by Crippen LogP contribution is -2.19. The van der Waals surface area contributed by atoms with Gasteiger partial charge in [-0.05, 0) is 36.0 Å². The maximum atomic E-state index is 11.9. The van der Waals surface area contributed by atoms with Crippen molar-refractivity contribution in [3.63, 3.8) is 0 Å². The van der Waals surface area contributed by atoms with Crippen LogP contribution in [-0.2, 0) is 10.2 Å². The molecular weight excluding hydrogens is 248 g/mol. The van der Waals surface area contributed by atoms with E-state index in [4.69, 9.17) is 11.6 Å². The second kappa shape index (κ2) is 5.23. The Labute approximate surface area is 113 Å². The van der Waals surface area contributed by atoms with Crippen LogP contribution in [0.15, 0.2) is 12.1 Å². The Morgan fingerprint density at radius 1 is 1.11 bits per heavy atom. The van der Waals surface area contributed by atoms with Crippen molar-refractivity contribution in [3.8, 4) is 0 Å². The van der Waals surface area contributed by atoms with Gasteiger partial charge in [-0.1, -0.05) is 32.9 Å². The molecule has 0 N–H and O–H groups in total. The largest absolute Gasteiger partial charge is 0.289 e. The maximum absolute atomic E-state index is 11.9. The number of carbonyl (C=O) groups is 2. The average molecular weight is 267 g/mol. The van der Waals surface area contributed by atoms with Crippen LogP contribution < -0.4 is 0 Å². The van der Waals surface area contributed by atoms with Gasteiger partial charge >= 0.3 is 0 Å². The zero-order chi connectivity index (χ0) is 14.1. The molecule has 0 aliphatic carbocycles. The summed E-state index contributed by atoms with van der Waals surface area (Å²) in [6.07, 6.45) is 0. The molecule has 0 fully saturated rings. The van der Waals surface area contributed by atoms with E-state index in [0.29, 0.717) is 5.56 Å². The predicted molar refractivity (Wildman–Crippen MR) is 74.7 cm³/mol. The van der Waals surface area contributed by atoms with E-state index in [-0.39, 0.29) is 11.3 Å². The standard InChI is InChI=1S/C15H19ClO2/c1-9-6-11(15(3,4)5)7-10(2)13(9)14(18)12(17)8-16/h6-7H,8H2,1-5H3. The Bertz CT molecular complexity index is 473. The maximum Gasteiger partial charge on any atom is 0.230 e. The zero-order valence-electron chi connectivity index (χ0n) is 11.6. The molecule has 0 saturated carbocycles. The number of rotatable bonds is 3. The van der Waals surface area contributed by atoms with E-state index in [2.05, 4.69) is 20.8 Å². The predicted octanol–water partition coefficient (Wildman–Crippen LogP) is 3.59.